The fourth-order valence-electron chi connectivity index (χ4n) is 2.37. The first-order valence-electron chi connectivity index (χ1n) is 5.68. The summed E-state index contributed by atoms with van der Waals surface area (Å²) in [7, 11) is 0. The number of carbonyl (C=O) groups excluding carboxylic acids is 1. The van der Waals surface area contributed by atoms with Crippen molar-refractivity contribution < 1.29 is 14.7 Å². The van der Waals surface area contributed by atoms with Crippen molar-refractivity contribution in [2.24, 2.45) is 5.41 Å². The van der Waals surface area contributed by atoms with Crippen LogP contribution in [0.25, 0.3) is 0 Å². The van der Waals surface area contributed by atoms with Crippen LogP contribution in [-0.4, -0.2) is 17.0 Å². The Morgan fingerprint density at radius 1 is 1.41 bits per heavy atom. The van der Waals surface area contributed by atoms with Gasteiger partial charge in [0.15, 0.2) is 0 Å². The smallest absolute Gasteiger partial charge is 0.310 e. The third kappa shape index (κ3) is 2.66. The Bertz CT molecular complexity index is 407. The third-order valence-corrected chi connectivity index (χ3v) is 4.00. The van der Waals surface area contributed by atoms with Crippen LogP contribution < -0.4 is 5.32 Å². The molecule has 92 valence electrons. The zero-order valence-corrected chi connectivity index (χ0v) is 10.3. The molecule has 1 fully saturated rings. The van der Waals surface area contributed by atoms with Gasteiger partial charge in [-0.15, -0.1) is 0 Å². The highest BCUT2D eigenvalue weighted by Crippen LogP contribution is 2.41. The lowest BCUT2D eigenvalue weighted by molar-refractivity contribution is -0.150. The monoisotopic (exact) mass is 253 g/mol. The van der Waals surface area contributed by atoms with E-state index in [2.05, 4.69) is 5.32 Å². The Balaban J connectivity index is 1.99. The number of nitrogens with one attached hydrogen (secondary N) is 1. The standard InChI is InChI=1S/C12H15NO3S/c14-10(13-9-3-6-17-8-9)7-12(11(15)16)4-1-2-5-12/h3,6,8H,1-2,4-5,7H2,(H,13,14)(H,15,16). The van der Waals surface area contributed by atoms with Crippen molar-refractivity contribution in [2.75, 3.05) is 5.32 Å². The van der Waals surface area contributed by atoms with E-state index in [1.54, 1.807) is 0 Å². The molecule has 0 bridgehead atoms. The molecule has 5 heteroatoms. The van der Waals surface area contributed by atoms with E-state index in [0.717, 1.165) is 18.5 Å². The fourth-order valence-corrected chi connectivity index (χ4v) is 2.95. The van der Waals surface area contributed by atoms with Crippen molar-refractivity contribution in [3.05, 3.63) is 16.8 Å². The zero-order valence-electron chi connectivity index (χ0n) is 9.44. The van der Waals surface area contributed by atoms with Crippen LogP contribution in [0.3, 0.4) is 0 Å². The number of hydrogen-bond donors (Lipinski definition) is 2. The number of anilines is 1. The summed E-state index contributed by atoms with van der Waals surface area (Å²) < 4.78 is 0. The highest BCUT2D eigenvalue weighted by molar-refractivity contribution is 7.08. The van der Waals surface area contributed by atoms with Gasteiger partial charge in [0, 0.05) is 11.8 Å². The van der Waals surface area contributed by atoms with Crippen molar-refractivity contribution in [1.82, 2.24) is 0 Å². The summed E-state index contributed by atoms with van der Waals surface area (Å²) in [6.07, 6.45) is 3.10. The highest BCUT2D eigenvalue weighted by atomic mass is 32.1. The van der Waals surface area contributed by atoms with Gasteiger partial charge in [0.2, 0.25) is 5.91 Å². The summed E-state index contributed by atoms with van der Waals surface area (Å²) >= 11 is 1.50. The van der Waals surface area contributed by atoms with Gasteiger partial charge in [-0.3, -0.25) is 9.59 Å². The van der Waals surface area contributed by atoms with Crippen molar-refractivity contribution in [3.8, 4) is 0 Å². The minimum Gasteiger partial charge on any atom is -0.481 e. The molecular formula is C12H15NO3S. The van der Waals surface area contributed by atoms with Crippen molar-refractivity contribution in [2.45, 2.75) is 32.1 Å². The molecule has 0 aromatic carbocycles. The first kappa shape index (κ1) is 12.1. The quantitative estimate of drug-likeness (QED) is 0.867. The molecule has 2 N–H and O–H groups in total. The van der Waals surface area contributed by atoms with E-state index in [4.69, 9.17) is 0 Å². The molecular weight excluding hydrogens is 238 g/mol. The number of hydrogen-bond acceptors (Lipinski definition) is 3. The van der Waals surface area contributed by atoms with Crippen LogP contribution in [-0.2, 0) is 9.59 Å². The molecule has 1 saturated carbocycles. The van der Waals surface area contributed by atoms with Crippen LogP contribution in [0.15, 0.2) is 16.8 Å². The molecule has 0 atom stereocenters. The average molecular weight is 253 g/mol. The number of aliphatic carboxylic acids is 1. The molecule has 0 aliphatic heterocycles. The van der Waals surface area contributed by atoms with E-state index < -0.39 is 11.4 Å². The van der Waals surface area contributed by atoms with Gasteiger partial charge < -0.3 is 10.4 Å². The second kappa shape index (κ2) is 4.87. The molecule has 0 saturated heterocycles. The van der Waals surface area contributed by atoms with Gasteiger partial charge in [-0.2, -0.15) is 11.3 Å². The number of rotatable bonds is 4. The zero-order chi connectivity index (χ0) is 12.3. The van der Waals surface area contributed by atoms with E-state index >= 15 is 0 Å². The lowest BCUT2D eigenvalue weighted by atomic mass is 9.82. The molecule has 1 aromatic rings. The summed E-state index contributed by atoms with van der Waals surface area (Å²) in [6, 6.07) is 1.81. The van der Waals surface area contributed by atoms with E-state index in [0.29, 0.717) is 12.8 Å². The summed E-state index contributed by atoms with van der Waals surface area (Å²) in [5.74, 6) is -1.04. The number of amides is 1. The lowest BCUT2D eigenvalue weighted by Crippen LogP contribution is -2.32. The van der Waals surface area contributed by atoms with Gasteiger partial charge in [-0.1, -0.05) is 12.8 Å². The molecule has 0 unspecified atom stereocenters. The van der Waals surface area contributed by atoms with Crippen LogP contribution in [0.5, 0.6) is 0 Å². The first-order chi connectivity index (χ1) is 8.12. The maximum Gasteiger partial charge on any atom is 0.310 e. The molecule has 1 aromatic heterocycles. The van der Waals surface area contributed by atoms with Crippen LogP contribution in [0.4, 0.5) is 5.69 Å². The van der Waals surface area contributed by atoms with Crippen LogP contribution in [0.2, 0.25) is 0 Å². The van der Waals surface area contributed by atoms with Crippen molar-refractivity contribution in [3.63, 3.8) is 0 Å². The van der Waals surface area contributed by atoms with Gasteiger partial charge in [0.05, 0.1) is 11.1 Å². The molecule has 17 heavy (non-hydrogen) atoms. The maximum absolute atomic E-state index is 11.8. The van der Waals surface area contributed by atoms with Gasteiger partial charge in [0.25, 0.3) is 0 Å². The van der Waals surface area contributed by atoms with Crippen molar-refractivity contribution >= 4 is 28.9 Å². The second-order valence-electron chi connectivity index (χ2n) is 4.53. The topological polar surface area (TPSA) is 66.4 Å². The number of carbonyl (C=O) groups is 2. The normalized spacial score (nSPS) is 17.9. The Kier molecular flexibility index (Phi) is 3.47. The summed E-state index contributed by atoms with van der Waals surface area (Å²) in [6.45, 7) is 0. The summed E-state index contributed by atoms with van der Waals surface area (Å²) in [5, 5.41) is 15.7. The molecule has 0 spiro atoms. The van der Waals surface area contributed by atoms with Crippen LogP contribution in [0.1, 0.15) is 32.1 Å². The predicted molar refractivity (Wildman–Crippen MR) is 66.1 cm³/mol. The molecule has 2 rings (SSSR count). The van der Waals surface area contributed by atoms with Gasteiger partial charge in [-0.25, -0.2) is 0 Å². The molecule has 0 radical (unpaired) electrons. The van der Waals surface area contributed by atoms with Gasteiger partial charge in [-0.05, 0) is 24.3 Å². The SMILES string of the molecule is O=C(CC1(C(=O)O)CCCC1)Nc1ccsc1. The second-order valence-corrected chi connectivity index (χ2v) is 5.31. The van der Waals surface area contributed by atoms with Gasteiger partial charge >= 0.3 is 5.97 Å². The Labute approximate surface area is 104 Å². The summed E-state index contributed by atoms with van der Waals surface area (Å²) in [5.41, 5.74) is -0.0846. The lowest BCUT2D eigenvalue weighted by Gasteiger charge is -2.22. The summed E-state index contributed by atoms with van der Waals surface area (Å²) in [4.78, 5) is 23.1. The molecule has 1 aliphatic carbocycles. The van der Waals surface area contributed by atoms with E-state index in [1.807, 2.05) is 16.8 Å². The third-order valence-electron chi connectivity index (χ3n) is 3.32. The van der Waals surface area contributed by atoms with E-state index in [9.17, 15) is 14.7 Å². The number of carboxylic acid groups (broad SMARTS) is 1. The molecule has 1 amide bonds. The average Bonchev–Trinajstić information content (AvgIpc) is 2.89. The Morgan fingerprint density at radius 3 is 2.65 bits per heavy atom. The van der Waals surface area contributed by atoms with Crippen molar-refractivity contribution in [1.29, 1.82) is 0 Å². The van der Waals surface area contributed by atoms with Crippen LogP contribution >= 0.6 is 11.3 Å². The number of thiophene rings is 1. The maximum atomic E-state index is 11.8. The largest absolute Gasteiger partial charge is 0.481 e. The van der Waals surface area contributed by atoms with E-state index in [1.165, 1.54) is 11.3 Å². The Hall–Kier alpha value is -1.36. The van der Waals surface area contributed by atoms with E-state index in [-0.39, 0.29) is 12.3 Å². The first-order valence-corrected chi connectivity index (χ1v) is 6.62. The molecule has 4 nitrogen and oxygen atoms in total. The minimum absolute atomic E-state index is 0.0815. The Morgan fingerprint density at radius 2 is 2.12 bits per heavy atom. The number of carboxylic acids is 1. The molecule has 1 heterocycles. The predicted octanol–water partition coefficient (Wildman–Crippen LogP) is 2.72. The highest BCUT2D eigenvalue weighted by Gasteiger charge is 2.42. The fraction of sp³-hybridized carbons (Fsp3) is 0.500. The molecule has 1 aliphatic rings. The minimum atomic E-state index is -0.838. The van der Waals surface area contributed by atoms with Crippen LogP contribution in [0, 0.1) is 5.41 Å². The van der Waals surface area contributed by atoms with Gasteiger partial charge in [0.1, 0.15) is 0 Å².